The van der Waals surface area contributed by atoms with Crippen LogP contribution in [0.15, 0.2) is 18.3 Å². The van der Waals surface area contributed by atoms with Crippen LogP contribution in [0.2, 0.25) is 0 Å². The second-order valence-corrected chi connectivity index (χ2v) is 4.65. The number of halogens is 1. The van der Waals surface area contributed by atoms with Crippen molar-refractivity contribution in [3.63, 3.8) is 0 Å². The topological polar surface area (TPSA) is 51.2 Å². The number of pyridine rings is 1. The van der Waals surface area contributed by atoms with Gasteiger partial charge in [0.2, 0.25) is 5.88 Å². The minimum Gasteiger partial charge on any atom is -0.480 e. The van der Waals surface area contributed by atoms with Crippen LogP contribution in [-0.2, 0) is 0 Å². The summed E-state index contributed by atoms with van der Waals surface area (Å²) in [7, 11) is 1.51. The largest absolute Gasteiger partial charge is 0.480 e. The molecule has 1 aromatic heterocycles. The van der Waals surface area contributed by atoms with Crippen LogP contribution in [0.1, 0.15) is 23.7 Å². The first-order chi connectivity index (χ1) is 8.19. The molecule has 0 saturated heterocycles. The second-order valence-electron chi connectivity index (χ2n) is 3.85. The van der Waals surface area contributed by atoms with E-state index in [0.717, 1.165) is 11.8 Å². The van der Waals surface area contributed by atoms with Gasteiger partial charge in [-0.05, 0) is 24.5 Å². The normalized spacial score (nSPS) is 11.9. The zero-order valence-electron chi connectivity index (χ0n) is 10.1. The molecule has 0 fully saturated rings. The van der Waals surface area contributed by atoms with Crippen molar-refractivity contribution in [2.24, 2.45) is 5.92 Å². The zero-order valence-corrected chi connectivity index (χ0v) is 11.7. The average Bonchev–Trinajstić information content (AvgIpc) is 2.36. The fourth-order valence-corrected chi connectivity index (χ4v) is 2.16. The third-order valence-corrected chi connectivity index (χ3v) is 2.88. The first-order valence-electron chi connectivity index (χ1n) is 5.52. The molecule has 0 aliphatic carbocycles. The number of ether oxygens (including phenoxy) is 1. The van der Waals surface area contributed by atoms with Crippen LogP contribution in [-0.4, -0.2) is 29.9 Å². The van der Waals surface area contributed by atoms with Crippen molar-refractivity contribution in [2.75, 3.05) is 19.0 Å². The molecule has 0 aliphatic rings. The first-order valence-corrected chi connectivity index (χ1v) is 6.64. The molecule has 1 rings (SSSR count). The van der Waals surface area contributed by atoms with E-state index in [1.54, 1.807) is 18.3 Å². The van der Waals surface area contributed by atoms with Crippen molar-refractivity contribution in [1.82, 2.24) is 10.3 Å². The average molecular weight is 301 g/mol. The van der Waals surface area contributed by atoms with Crippen molar-refractivity contribution >= 4 is 21.8 Å². The Morgan fingerprint density at radius 3 is 3.06 bits per heavy atom. The van der Waals surface area contributed by atoms with Gasteiger partial charge in [0.05, 0.1) is 7.11 Å². The summed E-state index contributed by atoms with van der Waals surface area (Å²) in [4.78, 5) is 15.9. The van der Waals surface area contributed by atoms with E-state index in [1.807, 2.05) is 0 Å². The van der Waals surface area contributed by atoms with E-state index in [9.17, 15) is 4.79 Å². The number of alkyl halides is 1. The molecule has 1 atom stereocenters. The number of hydrogen-bond acceptors (Lipinski definition) is 3. The number of aromatic nitrogens is 1. The van der Waals surface area contributed by atoms with E-state index in [-0.39, 0.29) is 5.91 Å². The van der Waals surface area contributed by atoms with Gasteiger partial charge in [0.1, 0.15) is 5.56 Å². The molecule has 0 saturated carbocycles. The molecule has 1 amide bonds. The molecule has 1 unspecified atom stereocenters. The molecule has 1 aromatic rings. The molecule has 4 nitrogen and oxygen atoms in total. The summed E-state index contributed by atoms with van der Waals surface area (Å²) in [6.45, 7) is 2.75. The van der Waals surface area contributed by atoms with Crippen molar-refractivity contribution in [1.29, 1.82) is 0 Å². The van der Waals surface area contributed by atoms with Gasteiger partial charge < -0.3 is 10.1 Å². The van der Waals surface area contributed by atoms with Crippen LogP contribution in [0.4, 0.5) is 0 Å². The first kappa shape index (κ1) is 14.0. The molecule has 5 heteroatoms. The molecule has 0 spiro atoms. The van der Waals surface area contributed by atoms with Crippen LogP contribution < -0.4 is 10.1 Å². The Labute approximate surface area is 110 Å². The molecular weight excluding hydrogens is 284 g/mol. The van der Waals surface area contributed by atoms with Gasteiger partial charge in [0, 0.05) is 18.1 Å². The lowest BCUT2D eigenvalue weighted by atomic mass is 10.1. The van der Waals surface area contributed by atoms with Crippen molar-refractivity contribution < 1.29 is 9.53 Å². The SMILES string of the molecule is COc1ncccc1C(=O)NCC(C)CCBr. The Balaban J connectivity index is 2.58. The van der Waals surface area contributed by atoms with E-state index < -0.39 is 0 Å². The van der Waals surface area contributed by atoms with Crippen LogP contribution in [0, 0.1) is 5.92 Å². The van der Waals surface area contributed by atoms with Gasteiger partial charge in [0.25, 0.3) is 5.91 Å². The van der Waals surface area contributed by atoms with E-state index in [1.165, 1.54) is 7.11 Å². The molecule has 0 aliphatic heterocycles. The Bertz CT molecular complexity index is 371. The lowest BCUT2D eigenvalue weighted by Crippen LogP contribution is -2.28. The lowest BCUT2D eigenvalue weighted by molar-refractivity contribution is 0.0944. The van der Waals surface area contributed by atoms with Gasteiger partial charge in [-0.2, -0.15) is 0 Å². The molecular formula is C12H17BrN2O2. The molecule has 1 heterocycles. The van der Waals surface area contributed by atoms with Gasteiger partial charge in [-0.25, -0.2) is 4.98 Å². The highest BCUT2D eigenvalue weighted by molar-refractivity contribution is 9.09. The van der Waals surface area contributed by atoms with Crippen molar-refractivity contribution in [3.8, 4) is 5.88 Å². The predicted octanol–water partition coefficient (Wildman–Crippen LogP) is 2.24. The summed E-state index contributed by atoms with van der Waals surface area (Å²) in [6, 6.07) is 3.43. The van der Waals surface area contributed by atoms with Gasteiger partial charge in [0.15, 0.2) is 0 Å². The Kier molecular flexibility index (Phi) is 5.97. The molecule has 1 N–H and O–H groups in total. The van der Waals surface area contributed by atoms with E-state index >= 15 is 0 Å². The summed E-state index contributed by atoms with van der Waals surface area (Å²) in [5.41, 5.74) is 0.473. The smallest absolute Gasteiger partial charge is 0.256 e. The van der Waals surface area contributed by atoms with Gasteiger partial charge in [-0.3, -0.25) is 4.79 Å². The van der Waals surface area contributed by atoms with Crippen LogP contribution in [0.5, 0.6) is 5.88 Å². The quantitative estimate of drug-likeness (QED) is 0.820. The Morgan fingerprint density at radius 2 is 2.41 bits per heavy atom. The predicted molar refractivity (Wildman–Crippen MR) is 70.7 cm³/mol. The second kappa shape index (κ2) is 7.27. The standard InChI is InChI=1S/C12H17BrN2O2/c1-9(5-6-13)8-15-11(16)10-4-3-7-14-12(10)17-2/h3-4,7,9H,5-6,8H2,1-2H3,(H,15,16). The van der Waals surface area contributed by atoms with Crippen LogP contribution >= 0.6 is 15.9 Å². The maximum absolute atomic E-state index is 11.9. The fourth-order valence-electron chi connectivity index (χ4n) is 1.38. The van der Waals surface area contributed by atoms with Crippen molar-refractivity contribution in [3.05, 3.63) is 23.9 Å². The van der Waals surface area contributed by atoms with Gasteiger partial charge in [-0.15, -0.1) is 0 Å². The summed E-state index contributed by atoms with van der Waals surface area (Å²) in [5, 5.41) is 3.82. The van der Waals surface area contributed by atoms with Crippen LogP contribution in [0.3, 0.4) is 0 Å². The number of amides is 1. The molecule has 0 bridgehead atoms. The number of nitrogens with one attached hydrogen (secondary N) is 1. The zero-order chi connectivity index (χ0) is 12.7. The molecule has 17 heavy (non-hydrogen) atoms. The minimum atomic E-state index is -0.142. The maximum Gasteiger partial charge on any atom is 0.256 e. The fraction of sp³-hybridized carbons (Fsp3) is 0.500. The van der Waals surface area contributed by atoms with E-state index in [0.29, 0.717) is 23.9 Å². The highest BCUT2D eigenvalue weighted by atomic mass is 79.9. The van der Waals surface area contributed by atoms with Gasteiger partial charge in [-0.1, -0.05) is 22.9 Å². The third-order valence-electron chi connectivity index (χ3n) is 2.42. The summed E-state index contributed by atoms with van der Waals surface area (Å²) in [5.74, 6) is 0.663. The van der Waals surface area contributed by atoms with Crippen molar-refractivity contribution in [2.45, 2.75) is 13.3 Å². The number of nitrogens with zero attached hydrogens (tertiary/aromatic N) is 1. The summed E-state index contributed by atoms with van der Waals surface area (Å²) in [6.07, 6.45) is 2.63. The Morgan fingerprint density at radius 1 is 1.65 bits per heavy atom. The van der Waals surface area contributed by atoms with Gasteiger partial charge >= 0.3 is 0 Å². The highest BCUT2D eigenvalue weighted by Gasteiger charge is 2.13. The van der Waals surface area contributed by atoms with E-state index in [2.05, 4.69) is 33.2 Å². The number of methoxy groups -OCH3 is 1. The molecule has 94 valence electrons. The van der Waals surface area contributed by atoms with E-state index in [4.69, 9.17) is 4.74 Å². The number of carbonyl (C=O) groups is 1. The lowest BCUT2D eigenvalue weighted by Gasteiger charge is -2.12. The molecule has 0 aromatic carbocycles. The van der Waals surface area contributed by atoms with Crippen LogP contribution in [0.25, 0.3) is 0 Å². The Hall–Kier alpha value is -1.10. The highest BCUT2D eigenvalue weighted by Crippen LogP contribution is 2.13. The molecule has 0 radical (unpaired) electrons. The third kappa shape index (κ3) is 4.34. The summed E-state index contributed by atoms with van der Waals surface area (Å²) >= 11 is 3.38. The monoisotopic (exact) mass is 300 g/mol. The minimum absolute atomic E-state index is 0.142. The number of hydrogen-bond donors (Lipinski definition) is 1. The number of carbonyl (C=O) groups excluding carboxylic acids is 1. The maximum atomic E-state index is 11.9. The summed E-state index contributed by atoms with van der Waals surface area (Å²) < 4.78 is 5.04. The number of rotatable bonds is 6.